The van der Waals surface area contributed by atoms with Crippen molar-refractivity contribution in [3.05, 3.63) is 52.6 Å². The molecule has 0 saturated carbocycles. The van der Waals surface area contributed by atoms with Crippen LogP contribution in [0.2, 0.25) is 0 Å². The number of carbonyl (C=O) groups excluding carboxylic acids is 2. The zero-order valence-corrected chi connectivity index (χ0v) is 22.6. The van der Waals surface area contributed by atoms with Crippen LogP contribution in [0, 0.1) is 5.92 Å². The highest BCUT2D eigenvalue weighted by Gasteiger charge is 2.31. The number of nitrogens with one attached hydrogen (secondary N) is 1. The minimum absolute atomic E-state index is 0.141. The first-order chi connectivity index (χ1) is 18.0. The molecule has 2 atom stereocenters. The predicted octanol–water partition coefficient (Wildman–Crippen LogP) is 1.21. The summed E-state index contributed by atoms with van der Waals surface area (Å²) in [6.07, 6.45) is 3.72. The highest BCUT2D eigenvalue weighted by molar-refractivity contribution is 5.89. The molecule has 3 amide bonds. The summed E-state index contributed by atoms with van der Waals surface area (Å²) in [6.45, 7) is 9.96. The summed E-state index contributed by atoms with van der Waals surface area (Å²) in [5.41, 5.74) is 12.6. The molecule has 0 radical (unpaired) electrons. The number of hydrogen-bond donors (Lipinski definition) is 3. The van der Waals surface area contributed by atoms with E-state index in [2.05, 4.69) is 22.1 Å². The summed E-state index contributed by atoms with van der Waals surface area (Å²) >= 11 is 0. The van der Waals surface area contributed by atoms with E-state index < -0.39 is 11.2 Å². The number of nitrogens with two attached hydrogens (primary N) is 2. The molecule has 4 rings (SSSR count). The number of benzene rings is 1. The normalized spacial score (nSPS) is 20.9. The maximum Gasteiger partial charge on any atom is 0.354 e. The number of anilines is 1. The van der Waals surface area contributed by atoms with Crippen molar-refractivity contribution in [1.29, 1.82) is 0 Å². The third-order valence-corrected chi connectivity index (χ3v) is 7.47. The number of likely N-dealkylation sites (tertiary alicyclic amines) is 1. The molecule has 206 valence electrons. The van der Waals surface area contributed by atoms with Crippen LogP contribution in [-0.4, -0.2) is 87.0 Å². The van der Waals surface area contributed by atoms with Gasteiger partial charge in [-0.2, -0.15) is 4.98 Å². The molecule has 0 spiro atoms. The number of amides is 3. The first-order valence-corrected chi connectivity index (χ1v) is 13.4. The van der Waals surface area contributed by atoms with E-state index >= 15 is 0 Å². The largest absolute Gasteiger partial charge is 0.354 e. The van der Waals surface area contributed by atoms with Gasteiger partial charge >= 0.3 is 11.7 Å². The van der Waals surface area contributed by atoms with Gasteiger partial charge in [0.25, 0.3) is 0 Å². The first-order valence-electron chi connectivity index (χ1n) is 13.4. The van der Waals surface area contributed by atoms with Crippen LogP contribution in [0.5, 0.6) is 0 Å². The molecule has 11 heteroatoms. The van der Waals surface area contributed by atoms with Crippen LogP contribution in [0.15, 0.2) is 41.3 Å². The number of carbonyl (C=O) groups is 2. The Morgan fingerprint density at radius 1 is 1.05 bits per heavy atom. The lowest BCUT2D eigenvalue weighted by atomic mass is 9.90. The van der Waals surface area contributed by atoms with Crippen LogP contribution in [0.4, 0.5) is 10.6 Å². The molecule has 1 aromatic carbocycles. The number of urea groups is 1. The van der Waals surface area contributed by atoms with E-state index in [1.54, 1.807) is 35.9 Å². The van der Waals surface area contributed by atoms with Gasteiger partial charge in [-0.25, -0.2) is 9.59 Å². The van der Waals surface area contributed by atoms with E-state index in [0.717, 1.165) is 32.5 Å². The van der Waals surface area contributed by atoms with Crippen molar-refractivity contribution in [3.8, 4) is 5.69 Å². The molecular weight excluding hydrogens is 484 g/mol. The molecule has 0 unspecified atom stereocenters. The third kappa shape index (κ3) is 6.58. The first kappa shape index (κ1) is 27.7. The summed E-state index contributed by atoms with van der Waals surface area (Å²) in [5, 5.41) is 2.69. The van der Waals surface area contributed by atoms with E-state index in [9.17, 15) is 14.4 Å². The fraction of sp³-hybridized carbons (Fsp3) is 0.556. The Labute approximate surface area is 223 Å². The smallest absolute Gasteiger partial charge is 0.338 e. The Morgan fingerprint density at radius 2 is 1.71 bits per heavy atom. The molecule has 2 aromatic rings. The maximum atomic E-state index is 12.7. The molecule has 2 aliphatic heterocycles. The Balaban J connectivity index is 1.32. The fourth-order valence-electron chi connectivity index (χ4n) is 5.10. The lowest BCUT2D eigenvalue weighted by molar-refractivity contribution is -0.137. The molecule has 2 saturated heterocycles. The second-order valence-electron chi connectivity index (χ2n) is 10.9. The van der Waals surface area contributed by atoms with E-state index in [1.165, 1.54) is 10.1 Å². The van der Waals surface area contributed by atoms with Gasteiger partial charge in [0.05, 0.1) is 11.2 Å². The van der Waals surface area contributed by atoms with Crippen molar-refractivity contribution in [1.82, 2.24) is 24.3 Å². The number of nitrogens with zero attached hydrogens (tertiary/aromatic N) is 5. The molecule has 1 aromatic heterocycles. The van der Waals surface area contributed by atoms with Crippen molar-refractivity contribution in [2.24, 2.45) is 17.4 Å². The molecule has 0 aliphatic carbocycles. The van der Waals surface area contributed by atoms with Gasteiger partial charge in [0.2, 0.25) is 5.91 Å². The third-order valence-electron chi connectivity index (χ3n) is 7.47. The second kappa shape index (κ2) is 11.6. The summed E-state index contributed by atoms with van der Waals surface area (Å²) < 4.78 is 1.45. The van der Waals surface area contributed by atoms with Crippen LogP contribution in [0.25, 0.3) is 5.69 Å². The second-order valence-corrected chi connectivity index (χ2v) is 10.9. The average molecular weight is 525 g/mol. The van der Waals surface area contributed by atoms with Crippen molar-refractivity contribution in [2.45, 2.75) is 51.7 Å². The van der Waals surface area contributed by atoms with Gasteiger partial charge in [-0.05, 0) is 56.5 Å². The summed E-state index contributed by atoms with van der Waals surface area (Å²) in [7, 11) is 0. The zero-order valence-electron chi connectivity index (χ0n) is 22.6. The topological polar surface area (TPSA) is 143 Å². The Morgan fingerprint density at radius 3 is 2.32 bits per heavy atom. The molecule has 11 nitrogen and oxygen atoms in total. The lowest BCUT2D eigenvalue weighted by Gasteiger charge is -2.37. The fourth-order valence-corrected chi connectivity index (χ4v) is 5.10. The maximum absolute atomic E-state index is 12.7. The van der Waals surface area contributed by atoms with Crippen LogP contribution in [-0.2, 0) is 11.3 Å². The zero-order chi connectivity index (χ0) is 27.4. The summed E-state index contributed by atoms with van der Waals surface area (Å²) in [4.78, 5) is 47.5. The minimum atomic E-state index is -0.946. The van der Waals surface area contributed by atoms with Gasteiger partial charge in [0.1, 0.15) is 5.82 Å². The van der Waals surface area contributed by atoms with Gasteiger partial charge in [-0.15, -0.1) is 0 Å². The molecule has 0 bridgehead atoms. The van der Waals surface area contributed by atoms with Crippen molar-refractivity contribution < 1.29 is 9.59 Å². The number of rotatable bonds is 6. The standard InChI is InChI=1S/C27H40N8O3/c1-4-20-18-32(11-9-22(20)28)17-19-5-7-21(8-6-19)35-12-10-23(31-26(35)38)30-25(37)34-15-13-33(14-16-34)24(36)27(2,3)29/h5-8,10,12,20,22H,4,9,11,13-18,28-29H2,1-3H3,(H,30,31,37,38)/t20-,22+/m0/s1. The Bertz CT molecular complexity index is 1180. The van der Waals surface area contributed by atoms with Crippen molar-refractivity contribution in [3.63, 3.8) is 0 Å². The number of piperidine rings is 1. The van der Waals surface area contributed by atoms with Crippen LogP contribution < -0.4 is 22.5 Å². The van der Waals surface area contributed by atoms with Gasteiger partial charge in [0, 0.05) is 51.5 Å². The molecule has 38 heavy (non-hydrogen) atoms. The van der Waals surface area contributed by atoms with Gasteiger partial charge in [-0.3, -0.25) is 19.6 Å². The Hall–Kier alpha value is -3.28. The van der Waals surface area contributed by atoms with Crippen LogP contribution >= 0.6 is 0 Å². The predicted molar refractivity (Wildman–Crippen MR) is 147 cm³/mol. The van der Waals surface area contributed by atoms with E-state index in [1.807, 2.05) is 24.3 Å². The highest BCUT2D eigenvalue weighted by atomic mass is 16.2. The van der Waals surface area contributed by atoms with Crippen molar-refractivity contribution >= 4 is 17.8 Å². The van der Waals surface area contributed by atoms with Gasteiger partial charge < -0.3 is 21.3 Å². The van der Waals surface area contributed by atoms with Gasteiger partial charge in [0.15, 0.2) is 0 Å². The van der Waals surface area contributed by atoms with Crippen molar-refractivity contribution in [2.75, 3.05) is 44.6 Å². The minimum Gasteiger partial charge on any atom is -0.338 e. The molecule has 2 aliphatic rings. The molecular formula is C27H40N8O3. The van der Waals surface area contributed by atoms with E-state index in [0.29, 0.717) is 37.8 Å². The lowest BCUT2D eigenvalue weighted by Crippen LogP contribution is -2.58. The van der Waals surface area contributed by atoms with Gasteiger partial charge in [-0.1, -0.05) is 25.5 Å². The van der Waals surface area contributed by atoms with E-state index in [4.69, 9.17) is 11.5 Å². The molecule has 3 heterocycles. The average Bonchev–Trinajstić information content (AvgIpc) is 2.89. The Kier molecular flexibility index (Phi) is 8.49. The monoisotopic (exact) mass is 524 g/mol. The highest BCUT2D eigenvalue weighted by Crippen LogP contribution is 2.21. The van der Waals surface area contributed by atoms with Crippen LogP contribution in [0.3, 0.4) is 0 Å². The van der Waals surface area contributed by atoms with Crippen LogP contribution in [0.1, 0.15) is 39.2 Å². The summed E-state index contributed by atoms with van der Waals surface area (Å²) in [6, 6.07) is 9.41. The quantitative estimate of drug-likeness (QED) is 0.515. The SMILES string of the molecule is CC[C@H]1CN(Cc2ccc(-n3ccc(NC(=O)N4CCN(C(=O)C(C)(C)N)CC4)nc3=O)cc2)CC[C@H]1N. The van der Waals surface area contributed by atoms with E-state index in [-0.39, 0.29) is 23.8 Å². The number of piperazine rings is 1. The number of aromatic nitrogens is 2. The number of hydrogen-bond acceptors (Lipinski definition) is 7. The summed E-state index contributed by atoms with van der Waals surface area (Å²) in [5.74, 6) is 0.574. The molecule has 2 fully saturated rings. The molecule has 5 N–H and O–H groups in total.